The maximum absolute atomic E-state index is 12.7. The summed E-state index contributed by atoms with van der Waals surface area (Å²) in [5, 5.41) is 0. The zero-order valence-electron chi connectivity index (χ0n) is 11.3. The van der Waals surface area contributed by atoms with Crippen molar-refractivity contribution in [2.45, 2.75) is 20.8 Å². The summed E-state index contributed by atoms with van der Waals surface area (Å²) in [5.41, 5.74) is 2.52. The van der Waals surface area contributed by atoms with Gasteiger partial charge in [-0.3, -0.25) is 4.79 Å². The maximum Gasteiger partial charge on any atom is 0.206 e. The van der Waals surface area contributed by atoms with Gasteiger partial charge < -0.3 is 4.74 Å². The Bertz CT molecular complexity index is 644. The molecule has 0 amide bonds. The van der Waals surface area contributed by atoms with Gasteiger partial charge in [-0.05, 0) is 50.1 Å². The van der Waals surface area contributed by atoms with Crippen molar-refractivity contribution in [1.82, 2.24) is 0 Å². The molecule has 2 aromatic rings. The summed E-state index contributed by atoms with van der Waals surface area (Å²) in [7, 11) is 1.60. The Morgan fingerprint density at radius 3 is 2.47 bits per heavy atom. The number of ketones is 1. The average molecular weight is 339 g/mol. The van der Waals surface area contributed by atoms with Crippen LogP contribution in [-0.2, 0) is 0 Å². The van der Waals surface area contributed by atoms with E-state index in [0.29, 0.717) is 11.3 Å². The summed E-state index contributed by atoms with van der Waals surface area (Å²) in [6, 6.07) is 5.81. The Hall–Kier alpha value is -1.13. The number of hydrogen-bond acceptors (Lipinski definition) is 3. The molecule has 0 saturated carbocycles. The monoisotopic (exact) mass is 338 g/mol. The molecule has 0 N–H and O–H groups in total. The van der Waals surface area contributed by atoms with Crippen LogP contribution in [0.25, 0.3) is 0 Å². The van der Waals surface area contributed by atoms with Crippen molar-refractivity contribution in [3.63, 3.8) is 0 Å². The van der Waals surface area contributed by atoms with Crippen LogP contribution in [0.15, 0.2) is 22.7 Å². The maximum atomic E-state index is 12.7. The molecule has 0 aliphatic rings. The van der Waals surface area contributed by atoms with Gasteiger partial charge in [-0.2, -0.15) is 0 Å². The highest BCUT2D eigenvalue weighted by atomic mass is 79.9. The van der Waals surface area contributed by atoms with E-state index in [9.17, 15) is 4.79 Å². The number of carbonyl (C=O) groups is 1. The smallest absolute Gasteiger partial charge is 0.206 e. The van der Waals surface area contributed by atoms with Crippen molar-refractivity contribution in [3.05, 3.63) is 49.1 Å². The lowest BCUT2D eigenvalue weighted by Gasteiger charge is -2.14. The zero-order chi connectivity index (χ0) is 14.2. The summed E-state index contributed by atoms with van der Waals surface area (Å²) in [6.45, 7) is 5.87. The number of methoxy groups -OCH3 is 1. The van der Waals surface area contributed by atoms with E-state index in [4.69, 9.17) is 4.74 Å². The molecule has 0 unspecified atom stereocenters. The van der Waals surface area contributed by atoms with Gasteiger partial charge >= 0.3 is 0 Å². The molecule has 0 aliphatic carbocycles. The molecule has 0 radical (unpaired) electrons. The second-order valence-corrected chi connectivity index (χ2v) is 6.59. The first kappa shape index (κ1) is 14.3. The highest BCUT2D eigenvalue weighted by Gasteiger charge is 2.21. The van der Waals surface area contributed by atoms with Gasteiger partial charge in [0.2, 0.25) is 5.78 Å². The van der Waals surface area contributed by atoms with Crippen LogP contribution < -0.4 is 4.74 Å². The second-order valence-electron chi connectivity index (χ2n) is 4.45. The van der Waals surface area contributed by atoms with E-state index in [-0.39, 0.29) is 5.78 Å². The van der Waals surface area contributed by atoms with Crippen LogP contribution >= 0.6 is 27.3 Å². The van der Waals surface area contributed by atoms with Crippen molar-refractivity contribution in [2.24, 2.45) is 0 Å². The van der Waals surface area contributed by atoms with Gasteiger partial charge in [0.1, 0.15) is 5.75 Å². The Balaban J connectivity index is 2.64. The van der Waals surface area contributed by atoms with Gasteiger partial charge in [0.25, 0.3) is 0 Å². The molecule has 2 nitrogen and oxygen atoms in total. The van der Waals surface area contributed by atoms with E-state index < -0.39 is 0 Å². The fourth-order valence-electron chi connectivity index (χ4n) is 2.07. The van der Waals surface area contributed by atoms with Gasteiger partial charge in [0.15, 0.2) is 0 Å². The fraction of sp³-hybridized carbons (Fsp3) is 0.267. The minimum atomic E-state index is 0.0249. The van der Waals surface area contributed by atoms with Gasteiger partial charge in [-0.1, -0.05) is 15.9 Å². The van der Waals surface area contributed by atoms with Gasteiger partial charge in [0.05, 0.1) is 17.6 Å². The van der Waals surface area contributed by atoms with E-state index in [1.54, 1.807) is 7.11 Å². The summed E-state index contributed by atoms with van der Waals surface area (Å²) in [6.07, 6.45) is 0. The minimum absolute atomic E-state index is 0.0249. The summed E-state index contributed by atoms with van der Waals surface area (Å²) < 4.78 is 6.36. The minimum Gasteiger partial charge on any atom is -0.496 e. The number of halogens is 1. The normalized spacial score (nSPS) is 10.6. The van der Waals surface area contributed by atoms with Crippen molar-refractivity contribution in [2.75, 3.05) is 7.11 Å². The number of carbonyl (C=O) groups excluding carboxylic acids is 1. The van der Waals surface area contributed by atoms with Crippen molar-refractivity contribution in [3.8, 4) is 5.75 Å². The Morgan fingerprint density at radius 2 is 1.95 bits per heavy atom. The zero-order valence-corrected chi connectivity index (χ0v) is 13.7. The number of benzene rings is 1. The lowest BCUT2D eigenvalue weighted by molar-refractivity contribution is 0.103. The molecule has 19 heavy (non-hydrogen) atoms. The molecule has 100 valence electrons. The molecule has 0 fully saturated rings. The van der Waals surface area contributed by atoms with E-state index in [0.717, 1.165) is 25.4 Å². The van der Waals surface area contributed by atoms with Crippen molar-refractivity contribution < 1.29 is 9.53 Å². The Labute approximate surface area is 125 Å². The number of rotatable bonds is 3. The van der Waals surface area contributed by atoms with Crippen LogP contribution in [-0.4, -0.2) is 12.9 Å². The first-order chi connectivity index (χ1) is 8.95. The van der Waals surface area contributed by atoms with Crippen LogP contribution in [0.4, 0.5) is 0 Å². The molecule has 0 aliphatic heterocycles. The molecular formula is C15H15BrO2S. The Kier molecular flexibility index (Phi) is 4.11. The fourth-order valence-corrected chi connectivity index (χ4v) is 3.42. The van der Waals surface area contributed by atoms with Crippen LogP contribution in [0.2, 0.25) is 0 Å². The quantitative estimate of drug-likeness (QED) is 0.759. The third-order valence-corrected chi connectivity index (χ3v) is 4.88. The highest BCUT2D eigenvalue weighted by molar-refractivity contribution is 9.10. The topological polar surface area (TPSA) is 26.3 Å². The van der Waals surface area contributed by atoms with Crippen molar-refractivity contribution >= 4 is 33.0 Å². The van der Waals surface area contributed by atoms with Gasteiger partial charge in [0, 0.05) is 9.35 Å². The number of aryl methyl sites for hydroxylation is 2. The third kappa shape index (κ3) is 2.60. The first-order valence-corrected chi connectivity index (χ1v) is 7.51. The molecule has 1 heterocycles. The summed E-state index contributed by atoms with van der Waals surface area (Å²) >= 11 is 5.01. The van der Waals surface area contributed by atoms with Gasteiger partial charge in [-0.15, -0.1) is 11.3 Å². The van der Waals surface area contributed by atoms with Gasteiger partial charge in [-0.25, -0.2) is 0 Å². The summed E-state index contributed by atoms with van der Waals surface area (Å²) in [5.74, 6) is 0.689. The van der Waals surface area contributed by atoms with E-state index >= 15 is 0 Å². The molecule has 1 aromatic carbocycles. The van der Waals surface area contributed by atoms with E-state index in [1.807, 2.05) is 39.0 Å². The molecule has 0 spiro atoms. The predicted octanol–water partition coefficient (Wildman–Crippen LogP) is 4.68. The molecule has 1 aromatic heterocycles. The number of hydrogen-bond donors (Lipinski definition) is 0. The summed E-state index contributed by atoms with van der Waals surface area (Å²) in [4.78, 5) is 14.6. The molecule has 0 atom stereocenters. The van der Waals surface area contributed by atoms with Crippen LogP contribution in [0, 0.1) is 20.8 Å². The Morgan fingerprint density at radius 1 is 1.26 bits per heavy atom. The predicted molar refractivity (Wildman–Crippen MR) is 82.7 cm³/mol. The molecular weight excluding hydrogens is 324 g/mol. The van der Waals surface area contributed by atoms with Crippen LogP contribution in [0.1, 0.15) is 31.2 Å². The highest BCUT2D eigenvalue weighted by Crippen LogP contribution is 2.34. The van der Waals surface area contributed by atoms with Crippen LogP contribution in [0.3, 0.4) is 0 Å². The average Bonchev–Trinajstić information content (AvgIpc) is 2.79. The SMILES string of the molecule is COc1c(C)cc(Br)c(C)c1C(=O)c1ccc(C)s1. The van der Waals surface area contributed by atoms with Crippen molar-refractivity contribution in [1.29, 1.82) is 0 Å². The molecule has 2 rings (SSSR count). The first-order valence-electron chi connectivity index (χ1n) is 5.90. The lowest BCUT2D eigenvalue weighted by atomic mass is 9.99. The molecule has 4 heteroatoms. The second kappa shape index (κ2) is 5.47. The van der Waals surface area contributed by atoms with E-state index in [1.165, 1.54) is 11.3 Å². The molecule has 0 saturated heterocycles. The lowest BCUT2D eigenvalue weighted by Crippen LogP contribution is -2.07. The van der Waals surface area contributed by atoms with E-state index in [2.05, 4.69) is 15.9 Å². The third-order valence-electron chi connectivity index (χ3n) is 3.06. The molecule has 0 bridgehead atoms. The standard InChI is InChI=1S/C15H15BrO2S/c1-8-7-11(16)10(3)13(15(8)18-4)14(17)12-6-5-9(2)19-12/h5-7H,1-4H3. The number of ether oxygens (including phenoxy) is 1. The number of thiophene rings is 1. The largest absolute Gasteiger partial charge is 0.496 e. The van der Waals surface area contributed by atoms with Crippen LogP contribution in [0.5, 0.6) is 5.75 Å².